The van der Waals surface area contributed by atoms with E-state index < -0.39 is 102 Å². The number of nitrogens with zero attached hydrogens (tertiary/aromatic N) is 1. The van der Waals surface area contributed by atoms with Crippen LogP contribution in [0.3, 0.4) is 0 Å². The van der Waals surface area contributed by atoms with Gasteiger partial charge in [-0.1, -0.05) is 0 Å². The molecule has 38 heavy (non-hydrogen) atoms. The van der Waals surface area contributed by atoms with Gasteiger partial charge in [0.25, 0.3) is 0 Å². The maximum atomic E-state index is 14.6. The van der Waals surface area contributed by atoms with Crippen molar-refractivity contribution in [3.8, 4) is 23.0 Å². The average Bonchev–Trinajstić information content (AvgIpc) is 3.10. The normalized spacial score (nSPS) is 18.0. The zero-order valence-corrected chi connectivity index (χ0v) is 19.8. The molecule has 1 unspecified atom stereocenters. The number of carbonyl (C=O) groups excluding carboxylic acids is 3. The summed E-state index contributed by atoms with van der Waals surface area (Å²) in [4.78, 5) is 47.1. The molecule has 0 saturated heterocycles. The average molecular weight is 537 g/mol. The Balaban J connectivity index is 2.02. The fourth-order valence-electron chi connectivity index (χ4n) is 4.42. The number of aromatic hydroxyl groups is 1. The fraction of sp³-hybridized carbons (Fsp3) is 0.208. The van der Waals surface area contributed by atoms with E-state index in [1.807, 2.05) is 0 Å². The highest BCUT2D eigenvalue weighted by atomic mass is 19.2. The van der Waals surface area contributed by atoms with Crippen molar-refractivity contribution in [1.29, 1.82) is 0 Å². The van der Waals surface area contributed by atoms with Crippen LogP contribution >= 0.6 is 0 Å². The van der Waals surface area contributed by atoms with Crippen LogP contribution in [0.4, 0.5) is 23.2 Å². The van der Waals surface area contributed by atoms with Crippen molar-refractivity contribution < 1.29 is 56.6 Å². The van der Waals surface area contributed by atoms with E-state index in [2.05, 4.69) is 0 Å². The van der Waals surface area contributed by atoms with Crippen LogP contribution < -0.4 is 9.47 Å². The van der Waals surface area contributed by atoms with E-state index in [9.17, 15) is 52.3 Å². The number of ketones is 3. The van der Waals surface area contributed by atoms with E-state index in [0.717, 1.165) is 26.8 Å². The standard InChI is InChI=1S/C24H15F4NO9/c1-6-19(33)13-21(37-10-5-9(32)11(7(2)30)23(34)24(10,13)4)12(8(3)31)20(6)38-22-16(27)14(25)18(29(35)36)15(26)17(22)28/h5,32-33H,1-4H3. The van der Waals surface area contributed by atoms with E-state index in [1.165, 1.54) is 6.92 Å². The number of aliphatic hydroxyl groups excluding tert-OH is 1. The first kappa shape index (κ1) is 26.3. The van der Waals surface area contributed by atoms with Crippen LogP contribution in [0, 0.1) is 40.3 Å². The molecule has 2 aromatic carbocycles. The number of nitro benzene ring substituents is 1. The molecular formula is C24H15F4NO9. The highest BCUT2D eigenvalue weighted by molar-refractivity contribution is 6.25. The summed E-state index contributed by atoms with van der Waals surface area (Å²) < 4.78 is 68.2. The molecule has 0 radical (unpaired) electrons. The first-order valence-corrected chi connectivity index (χ1v) is 10.5. The maximum Gasteiger partial charge on any atom is 0.346 e. The molecule has 2 N–H and O–H groups in total. The minimum atomic E-state index is -2.39. The summed E-state index contributed by atoms with van der Waals surface area (Å²) in [5, 5.41) is 32.1. The fourth-order valence-corrected chi connectivity index (χ4v) is 4.42. The van der Waals surface area contributed by atoms with E-state index in [-0.39, 0.29) is 11.3 Å². The van der Waals surface area contributed by atoms with Gasteiger partial charge in [-0.15, -0.1) is 0 Å². The van der Waals surface area contributed by atoms with Crippen molar-refractivity contribution in [1.82, 2.24) is 0 Å². The summed E-state index contributed by atoms with van der Waals surface area (Å²) in [6, 6.07) is 0. The molecule has 2 aromatic rings. The van der Waals surface area contributed by atoms with Gasteiger partial charge in [0.1, 0.15) is 45.3 Å². The van der Waals surface area contributed by atoms with E-state index in [1.54, 1.807) is 0 Å². The number of halogens is 4. The molecule has 1 heterocycles. The molecule has 198 valence electrons. The molecule has 0 aromatic heterocycles. The van der Waals surface area contributed by atoms with Crippen LogP contribution in [0.2, 0.25) is 0 Å². The largest absolute Gasteiger partial charge is 0.507 e. The second-order valence-corrected chi connectivity index (χ2v) is 8.61. The zero-order valence-electron chi connectivity index (χ0n) is 19.8. The summed E-state index contributed by atoms with van der Waals surface area (Å²) in [6.07, 6.45) is 0.914. The van der Waals surface area contributed by atoms with Crippen LogP contribution in [-0.4, -0.2) is 32.5 Å². The van der Waals surface area contributed by atoms with Gasteiger partial charge >= 0.3 is 5.69 Å². The molecule has 4 rings (SSSR count). The van der Waals surface area contributed by atoms with Gasteiger partial charge in [0.2, 0.25) is 29.0 Å². The number of rotatable bonds is 5. The van der Waals surface area contributed by atoms with Crippen LogP contribution in [0.25, 0.3) is 0 Å². The molecule has 0 fully saturated rings. The minimum Gasteiger partial charge on any atom is -0.507 e. The van der Waals surface area contributed by atoms with Crippen molar-refractivity contribution in [3.05, 3.63) is 73.2 Å². The molecule has 0 saturated carbocycles. The van der Waals surface area contributed by atoms with Gasteiger partial charge in [0, 0.05) is 11.6 Å². The Labute approximate surface area is 209 Å². The number of nitro groups is 1. The van der Waals surface area contributed by atoms with Gasteiger partial charge < -0.3 is 19.7 Å². The van der Waals surface area contributed by atoms with Crippen LogP contribution in [0.5, 0.6) is 23.0 Å². The zero-order chi connectivity index (χ0) is 28.6. The van der Waals surface area contributed by atoms with Crippen LogP contribution in [0.1, 0.15) is 42.3 Å². The van der Waals surface area contributed by atoms with Gasteiger partial charge in [-0.3, -0.25) is 24.5 Å². The Morgan fingerprint density at radius 2 is 1.58 bits per heavy atom. The lowest BCUT2D eigenvalue weighted by atomic mass is 9.71. The summed E-state index contributed by atoms with van der Waals surface area (Å²) >= 11 is 0. The molecule has 1 aliphatic heterocycles. The Kier molecular flexibility index (Phi) is 5.81. The van der Waals surface area contributed by atoms with Gasteiger partial charge in [0.15, 0.2) is 17.3 Å². The third-order valence-electron chi connectivity index (χ3n) is 6.31. The number of hydrogen-bond acceptors (Lipinski definition) is 9. The van der Waals surface area contributed by atoms with Crippen molar-refractivity contribution in [2.24, 2.45) is 0 Å². The molecule has 0 spiro atoms. The first-order valence-electron chi connectivity index (χ1n) is 10.5. The Morgan fingerprint density at radius 3 is 2.05 bits per heavy atom. The molecule has 0 bridgehead atoms. The van der Waals surface area contributed by atoms with Gasteiger partial charge in [-0.2, -0.15) is 17.6 Å². The molecule has 0 amide bonds. The first-order chi connectivity index (χ1) is 17.6. The lowest BCUT2D eigenvalue weighted by molar-refractivity contribution is -0.390. The molecule has 10 nitrogen and oxygen atoms in total. The van der Waals surface area contributed by atoms with Crippen LogP contribution in [-0.2, 0) is 15.0 Å². The predicted octanol–water partition coefficient (Wildman–Crippen LogP) is 4.68. The number of aliphatic hydroxyl groups is 1. The molecule has 14 heteroatoms. The second kappa shape index (κ2) is 8.39. The number of hydrogen-bond donors (Lipinski definition) is 2. The number of ether oxygens (including phenoxy) is 2. The number of phenols is 1. The Bertz CT molecular complexity index is 1580. The number of phenolic OH excluding ortho intramolecular Hbond substituents is 1. The molecule has 1 aliphatic carbocycles. The Morgan fingerprint density at radius 1 is 1.03 bits per heavy atom. The summed E-state index contributed by atoms with van der Waals surface area (Å²) in [7, 11) is 0. The van der Waals surface area contributed by atoms with E-state index >= 15 is 0 Å². The highest BCUT2D eigenvalue weighted by Crippen LogP contribution is 2.58. The van der Waals surface area contributed by atoms with Crippen molar-refractivity contribution in [3.63, 3.8) is 0 Å². The minimum absolute atomic E-state index is 0.320. The second-order valence-electron chi connectivity index (χ2n) is 8.61. The van der Waals surface area contributed by atoms with Crippen molar-refractivity contribution in [2.75, 3.05) is 0 Å². The topological polar surface area (TPSA) is 153 Å². The number of allylic oxidation sites excluding steroid dienone is 3. The quantitative estimate of drug-likeness (QED) is 0.138. The lowest BCUT2D eigenvalue weighted by Crippen LogP contribution is -2.38. The van der Waals surface area contributed by atoms with Gasteiger partial charge in [-0.25, -0.2) is 0 Å². The summed E-state index contributed by atoms with van der Waals surface area (Å²) in [6.45, 7) is 4.25. The smallest absolute Gasteiger partial charge is 0.346 e. The number of benzene rings is 2. The monoisotopic (exact) mass is 537 g/mol. The summed E-state index contributed by atoms with van der Waals surface area (Å²) in [5.74, 6) is -17.2. The SMILES string of the molecule is CC(=O)C1=C(O)C=C2Oc3c(C(C)=O)c(Oc4c(F)c(F)c([N+](=O)[O-])c(F)c4F)c(C)c(O)c3C2(C)C1=O. The Hall–Kier alpha value is -4.75. The van der Waals surface area contributed by atoms with E-state index in [0.29, 0.717) is 0 Å². The summed E-state index contributed by atoms with van der Waals surface area (Å²) in [5.41, 5.74) is -6.11. The van der Waals surface area contributed by atoms with Crippen LogP contribution in [0.15, 0.2) is 23.2 Å². The van der Waals surface area contributed by atoms with Crippen molar-refractivity contribution >= 4 is 23.0 Å². The molecule has 1 atom stereocenters. The maximum absolute atomic E-state index is 14.6. The predicted molar refractivity (Wildman–Crippen MR) is 117 cm³/mol. The third-order valence-corrected chi connectivity index (χ3v) is 6.31. The molecule has 2 aliphatic rings. The number of Topliss-reactive ketones (excluding diaryl/α,β-unsaturated/α-hetero) is 3. The van der Waals surface area contributed by atoms with Crippen molar-refractivity contribution in [2.45, 2.75) is 33.1 Å². The molecular weight excluding hydrogens is 522 g/mol. The van der Waals surface area contributed by atoms with E-state index in [4.69, 9.17) is 9.47 Å². The van der Waals surface area contributed by atoms with Gasteiger partial charge in [0.05, 0.1) is 10.5 Å². The number of carbonyl (C=O) groups is 3. The lowest BCUT2D eigenvalue weighted by Gasteiger charge is -2.28. The number of fused-ring (bicyclic) bond motifs is 3. The van der Waals surface area contributed by atoms with Gasteiger partial charge in [-0.05, 0) is 27.7 Å². The third kappa shape index (κ3) is 3.29. The highest BCUT2D eigenvalue weighted by Gasteiger charge is 2.56.